The molecule has 0 fully saturated rings. The predicted octanol–water partition coefficient (Wildman–Crippen LogP) is 2.59. The lowest BCUT2D eigenvalue weighted by Crippen LogP contribution is -2.32. The second-order valence-electron chi connectivity index (χ2n) is 9.13. The average molecular weight is 621 g/mol. The summed E-state index contributed by atoms with van der Waals surface area (Å²) in [5.74, 6) is -2.53. The van der Waals surface area contributed by atoms with Gasteiger partial charge in [-0.2, -0.15) is 0 Å². The Morgan fingerprint density at radius 3 is 1.60 bits per heavy atom. The Kier molecular flexibility index (Phi) is 14.4. The van der Waals surface area contributed by atoms with Gasteiger partial charge in [0, 0.05) is 6.07 Å². The number of carbonyl (C=O) groups is 2. The predicted molar refractivity (Wildman–Crippen MR) is 158 cm³/mol. The van der Waals surface area contributed by atoms with Crippen LogP contribution in [0.3, 0.4) is 0 Å². The van der Waals surface area contributed by atoms with Crippen LogP contribution in [0, 0.1) is 10.1 Å². The van der Waals surface area contributed by atoms with Gasteiger partial charge >= 0.3 is 17.6 Å². The van der Waals surface area contributed by atoms with Crippen LogP contribution in [0.2, 0.25) is 5.02 Å². The SMILES string of the molecule is C=C(O)C(N)Cc1ccc(O)c([N+](=O)[O-])c1.NC(Cc1ccc(O)c(Cl)c1)C(=O)O.NC(Cc1ccc(O)cc1)C(=O)O. The minimum Gasteiger partial charge on any atom is -0.511 e. The first-order valence-electron chi connectivity index (χ1n) is 12.3. The second-order valence-corrected chi connectivity index (χ2v) is 9.54. The fourth-order valence-electron chi connectivity index (χ4n) is 3.21. The van der Waals surface area contributed by atoms with Crippen LogP contribution < -0.4 is 17.2 Å². The monoisotopic (exact) mass is 620 g/mol. The molecule has 14 nitrogen and oxygen atoms in total. The van der Waals surface area contributed by atoms with Crippen LogP contribution in [0.5, 0.6) is 17.2 Å². The zero-order valence-electron chi connectivity index (χ0n) is 22.7. The molecule has 0 aromatic heterocycles. The van der Waals surface area contributed by atoms with Crippen LogP contribution in [-0.2, 0) is 28.9 Å². The number of nitrogens with zero attached hydrogens (tertiary/aromatic N) is 1. The Bertz CT molecular complexity index is 1420. The van der Waals surface area contributed by atoms with Crippen molar-refractivity contribution >= 4 is 29.2 Å². The van der Waals surface area contributed by atoms with E-state index in [4.69, 9.17) is 54.3 Å². The van der Waals surface area contributed by atoms with Gasteiger partial charge in [-0.15, -0.1) is 0 Å². The molecular weight excluding hydrogens is 588 g/mol. The van der Waals surface area contributed by atoms with Crippen molar-refractivity contribution in [2.75, 3.05) is 0 Å². The number of nitro benzene ring substituents is 1. The minimum atomic E-state index is -1.06. The maximum absolute atomic E-state index is 10.5. The number of aromatic hydroxyl groups is 3. The Balaban J connectivity index is 0.000000324. The Labute approximate surface area is 251 Å². The van der Waals surface area contributed by atoms with Gasteiger partial charge in [0.1, 0.15) is 29.3 Å². The lowest BCUT2D eigenvalue weighted by molar-refractivity contribution is -0.385. The molecule has 0 radical (unpaired) electrons. The van der Waals surface area contributed by atoms with Crippen molar-refractivity contribution in [1.29, 1.82) is 0 Å². The van der Waals surface area contributed by atoms with E-state index in [2.05, 4.69) is 6.58 Å². The maximum Gasteiger partial charge on any atom is 0.320 e. The average Bonchev–Trinajstić information content (AvgIpc) is 2.93. The van der Waals surface area contributed by atoms with Gasteiger partial charge in [-0.1, -0.05) is 42.4 Å². The summed E-state index contributed by atoms with van der Waals surface area (Å²) >= 11 is 5.64. The highest BCUT2D eigenvalue weighted by Gasteiger charge is 2.16. The fourth-order valence-corrected chi connectivity index (χ4v) is 3.41. The quantitative estimate of drug-likeness (QED) is 0.0896. The number of carboxylic acid groups (broad SMARTS) is 2. The molecule has 43 heavy (non-hydrogen) atoms. The molecule has 3 rings (SSSR count). The first-order chi connectivity index (χ1) is 20.0. The molecule has 3 unspecified atom stereocenters. The number of phenols is 3. The summed E-state index contributed by atoms with van der Waals surface area (Å²) in [6.45, 7) is 3.27. The zero-order chi connectivity index (χ0) is 32.9. The molecule has 0 aliphatic heterocycles. The molecule has 15 heteroatoms. The van der Waals surface area contributed by atoms with Crippen molar-refractivity contribution in [3.8, 4) is 17.2 Å². The van der Waals surface area contributed by atoms with E-state index in [0.29, 0.717) is 11.1 Å². The summed E-state index contributed by atoms with van der Waals surface area (Å²) in [6.07, 6.45) is 0.682. The van der Waals surface area contributed by atoms with Crippen molar-refractivity contribution in [3.05, 3.63) is 105 Å². The first-order valence-corrected chi connectivity index (χ1v) is 12.7. The molecule has 0 aliphatic carbocycles. The van der Waals surface area contributed by atoms with Crippen LogP contribution >= 0.6 is 11.6 Å². The number of aliphatic hydroxyl groups excluding tert-OH is 1. The van der Waals surface area contributed by atoms with Crippen molar-refractivity contribution in [3.63, 3.8) is 0 Å². The van der Waals surface area contributed by atoms with Crippen molar-refractivity contribution in [2.24, 2.45) is 17.2 Å². The van der Waals surface area contributed by atoms with Gasteiger partial charge in [0.25, 0.3) is 0 Å². The van der Waals surface area contributed by atoms with Crippen LogP contribution in [0.4, 0.5) is 5.69 Å². The smallest absolute Gasteiger partial charge is 0.320 e. The van der Waals surface area contributed by atoms with Crippen LogP contribution in [0.1, 0.15) is 16.7 Å². The number of nitrogens with two attached hydrogens (primary N) is 3. The van der Waals surface area contributed by atoms with Crippen molar-refractivity contribution in [2.45, 2.75) is 37.4 Å². The van der Waals surface area contributed by atoms with E-state index in [-0.39, 0.29) is 47.2 Å². The molecule has 0 saturated heterocycles. The standard InChI is InChI=1S/C10H12N2O4.C9H10ClNO3.C9H11NO3/c1-6(13)8(11)4-7-2-3-10(14)9(5-7)12(15)16;10-6-3-5(1-2-8(6)12)4-7(11)9(13)14;10-8(9(12)13)5-6-1-3-7(11)4-2-6/h2-3,5,8,13-14H,1,4,11H2;1-3,7,12H,4,11H2,(H,13,14);1-4,8,11H,5,10H2,(H,12,13). The summed E-state index contributed by atoms with van der Waals surface area (Å²) in [7, 11) is 0. The van der Waals surface area contributed by atoms with Gasteiger partial charge in [-0.05, 0) is 66.3 Å². The van der Waals surface area contributed by atoms with Gasteiger partial charge in [-0.25, -0.2) is 0 Å². The Morgan fingerprint density at radius 2 is 1.16 bits per heavy atom. The summed E-state index contributed by atoms with van der Waals surface area (Å²) in [6, 6.07) is 12.2. The van der Waals surface area contributed by atoms with E-state index in [1.54, 1.807) is 18.2 Å². The summed E-state index contributed by atoms with van der Waals surface area (Å²) < 4.78 is 0. The van der Waals surface area contributed by atoms with Crippen molar-refractivity contribution < 1.29 is 45.2 Å². The van der Waals surface area contributed by atoms with Gasteiger partial charge in [0.2, 0.25) is 0 Å². The number of hydrogen-bond acceptors (Lipinski definition) is 11. The van der Waals surface area contributed by atoms with Crippen LogP contribution in [0.15, 0.2) is 73.0 Å². The highest BCUT2D eigenvalue weighted by molar-refractivity contribution is 6.32. The number of phenolic OH excluding ortho intramolecular Hbond substituents is 3. The second kappa shape index (κ2) is 17.2. The largest absolute Gasteiger partial charge is 0.511 e. The minimum absolute atomic E-state index is 0.0284. The van der Waals surface area contributed by atoms with Crippen LogP contribution in [0.25, 0.3) is 0 Å². The molecule has 0 heterocycles. The van der Waals surface area contributed by atoms with Gasteiger partial charge in [-0.3, -0.25) is 19.7 Å². The highest BCUT2D eigenvalue weighted by Crippen LogP contribution is 2.27. The van der Waals surface area contributed by atoms with E-state index >= 15 is 0 Å². The number of rotatable bonds is 10. The van der Waals surface area contributed by atoms with E-state index in [0.717, 1.165) is 5.56 Å². The van der Waals surface area contributed by atoms with Gasteiger partial charge < -0.3 is 47.8 Å². The van der Waals surface area contributed by atoms with E-state index in [1.165, 1.54) is 42.5 Å². The summed E-state index contributed by atoms with van der Waals surface area (Å²) in [5, 5.41) is 64.1. The van der Waals surface area contributed by atoms with Gasteiger partial charge in [0.05, 0.1) is 16.0 Å². The van der Waals surface area contributed by atoms with E-state index < -0.39 is 40.7 Å². The molecule has 232 valence electrons. The lowest BCUT2D eigenvalue weighted by Gasteiger charge is -2.09. The molecule has 0 aliphatic rings. The Morgan fingerprint density at radius 1 is 0.744 bits per heavy atom. The topological polar surface area (TPSA) is 277 Å². The van der Waals surface area contributed by atoms with Gasteiger partial charge in [0.15, 0.2) is 5.75 Å². The van der Waals surface area contributed by atoms with Crippen LogP contribution in [-0.4, -0.2) is 65.6 Å². The number of aliphatic hydroxyl groups is 1. The fraction of sp³-hybridized carbons (Fsp3) is 0.214. The van der Waals surface area contributed by atoms with E-state index in [9.17, 15) is 24.8 Å². The molecular formula is C28H33ClN4O10. The highest BCUT2D eigenvalue weighted by atomic mass is 35.5. The number of aliphatic carboxylic acids is 2. The first kappa shape index (κ1) is 36.1. The molecule has 3 aromatic rings. The molecule has 0 bridgehead atoms. The summed E-state index contributed by atoms with van der Waals surface area (Å²) in [4.78, 5) is 30.7. The normalized spacial score (nSPS) is 12.3. The van der Waals surface area contributed by atoms with E-state index in [1.807, 2.05) is 0 Å². The number of benzene rings is 3. The third kappa shape index (κ3) is 13.1. The molecule has 12 N–H and O–H groups in total. The third-order valence-electron chi connectivity index (χ3n) is 5.61. The molecule has 0 saturated carbocycles. The molecule has 0 amide bonds. The summed E-state index contributed by atoms with van der Waals surface area (Å²) in [5.41, 5.74) is 17.8. The molecule has 3 aromatic carbocycles. The number of carboxylic acids is 2. The lowest BCUT2D eigenvalue weighted by atomic mass is 10.0. The Hall–Kier alpha value is -4.89. The number of nitro groups is 1. The maximum atomic E-state index is 10.5. The number of halogens is 1. The zero-order valence-corrected chi connectivity index (χ0v) is 23.5. The number of hydrogen-bond donors (Lipinski definition) is 9. The molecule has 0 spiro atoms. The van der Waals surface area contributed by atoms with Crippen molar-refractivity contribution in [1.82, 2.24) is 0 Å². The molecule has 3 atom stereocenters. The third-order valence-corrected chi connectivity index (χ3v) is 5.92.